The number of carbonyl (C=O) groups excluding carboxylic acids is 1. The van der Waals surface area contributed by atoms with E-state index in [1.54, 1.807) is 0 Å². The van der Waals surface area contributed by atoms with Crippen LogP contribution in [0.25, 0.3) is 0 Å². The topological polar surface area (TPSA) is 81.7 Å². The van der Waals surface area contributed by atoms with E-state index < -0.39 is 11.4 Å². The minimum atomic E-state index is -0.810. The first-order chi connectivity index (χ1) is 9.93. The Bertz CT molecular complexity index is 352. The van der Waals surface area contributed by atoms with E-state index in [4.69, 9.17) is 5.11 Å². The van der Waals surface area contributed by atoms with Gasteiger partial charge in [-0.25, -0.2) is 4.79 Å². The molecule has 0 spiro atoms. The molecule has 1 rings (SSSR count). The zero-order valence-electron chi connectivity index (χ0n) is 13.4. The fraction of sp³-hybridized carbons (Fsp3) is 0.867. The van der Waals surface area contributed by atoms with Crippen LogP contribution in [0, 0.1) is 5.41 Å². The molecule has 0 saturated heterocycles. The van der Waals surface area contributed by atoms with Crippen LogP contribution in [0.3, 0.4) is 0 Å². The second-order valence-electron chi connectivity index (χ2n) is 5.98. The number of amides is 2. The lowest BCUT2D eigenvalue weighted by Crippen LogP contribution is -2.44. The Kier molecular flexibility index (Phi) is 6.95. The zero-order chi connectivity index (χ0) is 15.9. The summed E-state index contributed by atoms with van der Waals surface area (Å²) in [6.45, 7) is 9.64. The van der Waals surface area contributed by atoms with Crippen molar-refractivity contribution in [3.05, 3.63) is 0 Å². The van der Waals surface area contributed by atoms with Gasteiger partial charge >= 0.3 is 12.0 Å². The first-order valence-electron chi connectivity index (χ1n) is 7.93. The van der Waals surface area contributed by atoms with Crippen LogP contribution in [0.5, 0.6) is 0 Å². The van der Waals surface area contributed by atoms with Crippen molar-refractivity contribution in [1.29, 1.82) is 0 Å². The van der Waals surface area contributed by atoms with Gasteiger partial charge in [-0.1, -0.05) is 13.8 Å². The lowest BCUT2D eigenvalue weighted by molar-refractivity contribution is -0.143. The number of urea groups is 1. The Labute approximate surface area is 127 Å². The molecule has 1 saturated carbocycles. The summed E-state index contributed by atoms with van der Waals surface area (Å²) >= 11 is 0. The fourth-order valence-corrected chi connectivity index (χ4v) is 2.37. The molecule has 0 aliphatic heterocycles. The molecule has 6 heteroatoms. The van der Waals surface area contributed by atoms with Gasteiger partial charge in [0.2, 0.25) is 0 Å². The molecule has 1 aliphatic carbocycles. The van der Waals surface area contributed by atoms with E-state index in [1.165, 1.54) is 0 Å². The van der Waals surface area contributed by atoms with Crippen LogP contribution in [0.2, 0.25) is 0 Å². The van der Waals surface area contributed by atoms with Crippen molar-refractivity contribution in [3.63, 3.8) is 0 Å². The molecule has 0 aromatic heterocycles. The van der Waals surface area contributed by atoms with E-state index in [-0.39, 0.29) is 18.6 Å². The number of hydrogen-bond acceptors (Lipinski definition) is 3. The van der Waals surface area contributed by atoms with Gasteiger partial charge in [-0.3, -0.25) is 4.79 Å². The van der Waals surface area contributed by atoms with Gasteiger partial charge in [0.25, 0.3) is 0 Å². The summed E-state index contributed by atoms with van der Waals surface area (Å²) in [4.78, 5) is 25.1. The number of carboxylic acids is 1. The van der Waals surface area contributed by atoms with E-state index >= 15 is 0 Å². The summed E-state index contributed by atoms with van der Waals surface area (Å²) in [5.74, 6) is -0.810. The first kappa shape index (κ1) is 17.8. The van der Waals surface area contributed by atoms with Gasteiger partial charge in [0.05, 0.1) is 5.41 Å². The van der Waals surface area contributed by atoms with Crippen LogP contribution in [-0.2, 0) is 4.79 Å². The normalized spacial score (nSPS) is 17.3. The predicted octanol–water partition coefficient (Wildman–Crippen LogP) is 1.66. The molecule has 3 N–H and O–H groups in total. The minimum Gasteiger partial charge on any atom is -0.481 e. The highest BCUT2D eigenvalue weighted by atomic mass is 16.4. The Morgan fingerprint density at radius 2 is 1.90 bits per heavy atom. The molecule has 1 aliphatic rings. The van der Waals surface area contributed by atoms with Crippen molar-refractivity contribution in [1.82, 2.24) is 15.5 Å². The quantitative estimate of drug-likeness (QED) is 0.573. The third kappa shape index (κ3) is 5.91. The molecule has 0 radical (unpaired) electrons. The second-order valence-corrected chi connectivity index (χ2v) is 5.98. The summed E-state index contributed by atoms with van der Waals surface area (Å²) in [6, 6.07) is -0.168. The van der Waals surface area contributed by atoms with Crippen LogP contribution < -0.4 is 10.6 Å². The van der Waals surface area contributed by atoms with Gasteiger partial charge in [-0.2, -0.15) is 0 Å². The number of nitrogens with one attached hydrogen (secondary N) is 2. The van der Waals surface area contributed by atoms with Crippen molar-refractivity contribution in [2.24, 2.45) is 5.41 Å². The Morgan fingerprint density at radius 1 is 1.29 bits per heavy atom. The molecule has 122 valence electrons. The van der Waals surface area contributed by atoms with Gasteiger partial charge in [-0.05, 0) is 52.2 Å². The molecule has 1 fully saturated rings. The van der Waals surface area contributed by atoms with E-state index in [0.29, 0.717) is 12.8 Å². The highest BCUT2D eigenvalue weighted by Crippen LogP contribution is 2.45. The highest BCUT2D eigenvalue weighted by Gasteiger charge is 2.50. The second kappa shape index (κ2) is 8.22. The van der Waals surface area contributed by atoms with Crippen molar-refractivity contribution < 1.29 is 14.7 Å². The van der Waals surface area contributed by atoms with Crippen molar-refractivity contribution in [2.45, 2.75) is 52.5 Å². The number of carboxylic acid groups (broad SMARTS) is 1. The van der Waals surface area contributed by atoms with Crippen LogP contribution in [0.4, 0.5) is 4.79 Å². The average Bonchev–Trinajstić information content (AvgIpc) is 3.22. The molecule has 21 heavy (non-hydrogen) atoms. The van der Waals surface area contributed by atoms with Crippen LogP contribution >= 0.6 is 0 Å². The molecular weight excluding hydrogens is 270 g/mol. The molecule has 1 unspecified atom stereocenters. The summed E-state index contributed by atoms with van der Waals surface area (Å²) in [5, 5.41) is 14.6. The van der Waals surface area contributed by atoms with Gasteiger partial charge in [0.1, 0.15) is 0 Å². The standard InChI is InChI=1S/C15H29N3O3/c1-4-18(5-2)10-6-7-12(3)17-14(21)16-11-15(8-9-15)13(19)20/h12H,4-11H2,1-3H3,(H,19,20)(H2,16,17,21). The molecule has 1 atom stereocenters. The Balaban J connectivity index is 2.15. The maximum atomic E-state index is 11.7. The number of carbonyl (C=O) groups is 2. The maximum Gasteiger partial charge on any atom is 0.315 e. The maximum absolute atomic E-state index is 11.7. The number of aliphatic carboxylic acids is 1. The van der Waals surface area contributed by atoms with Crippen molar-refractivity contribution in [2.75, 3.05) is 26.2 Å². The molecule has 0 aromatic carbocycles. The van der Waals surface area contributed by atoms with E-state index in [2.05, 4.69) is 29.4 Å². The number of hydrogen-bond donors (Lipinski definition) is 3. The monoisotopic (exact) mass is 299 g/mol. The molecule has 6 nitrogen and oxygen atoms in total. The van der Waals surface area contributed by atoms with E-state index in [1.807, 2.05) is 6.92 Å². The first-order valence-corrected chi connectivity index (χ1v) is 7.93. The zero-order valence-corrected chi connectivity index (χ0v) is 13.4. The summed E-state index contributed by atoms with van der Waals surface area (Å²) in [7, 11) is 0. The third-order valence-corrected chi connectivity index (χ3v) is 4.28. The molecule has 2 amide bonds. The average molecular weight is 299 g/mol. The number of nitrogens with zero attached hydrogens (tertiary/aromatic N) is 1. The molecule has 0 heterocycles. The van der Waals surface area contributed by atoms with Crippen molar-refractivity contribution >= 4 is 12.0 Å². The predicted molar refractivity (Wildman–Crippen MR) is 82.3 cm³/mol. The Hall–Kier alpha value is -1.30. The van der Waals surface area contributed by atoms with Gasteiger partial charge in [-0.15, -0.1) is 0 Å². The smallest absolute Gasteiger partial charge is 0.315 e. The lowest BCUT2D eigenvalue weighted by atomic mass is 10.1. The van der Waals surface area contributed by atoms with Gasteiger partial charge in [0.15, 0.2) is 0 Å². The Morgan fingerprint density at radius 3 is 2.38 bits per heavy atom. The van der Waals surface area contributed by atoms with E-state index in [0.717, 1.165) is 32.5 Å². The lowest BCUT2D eigenvalue weighted by Gasteiger charge is -2.20. The van der Waals surface area contributed by atoms with Crippen LogP contribution in [0.1, 0.15) is 46.5 Å². The summed E-state index contributed by atoms with van der Waals surface area (Å²) in [6.07, 6.45) is 3.28. The molecule has 0 bridgehead atoms. The third-order valence-electron chi connectivity index (χ3n) is 4.28. The number of rotatable bonds is 10. The summed E-state index contributed by atoms with van der Waals surface area (Å²) in [5.41, 5.74) is -0.705. The molecular formula is C15H29N3O3. The fourth-order valence-electron chi connectivity index (χ4n) is 2.37. The van der Waals surface area contributed by atoms with Crippen LogP contribution in [0.15, 0.2) is 0 Å². The van der Waals surface area contributed by atoms with Crippen molar-refractivity contribution in [3.8, 4) is 0 Å². The minimum absolute atomic E-state index is 0.0977. The largest absolute Gasteiger partial charge is 0.481 e. The van der Waals surface area contributed by atoms with E-state index in [9.17, 15) is 9.59 Å². The SMILES string of the molecule is CCN(CC)CCCC(C)NC(=O)NCC1(C(=O)O)CC1. The van der Waals surface area contributed by atoms with Gasteiger partial charge < -0.3 is 20.6 Å². The molecule has 0 aromatic rings. The summed E-state index contributed by atoms with van der Waals surface area (Å²) < 4.78 is 0. The highest BCUT2D eigenvalue weighted by molar-refractivity contribution is 5.80. The van der Waals surface area contributed by atoms with Crippen LogP contribution in [-0.4, -0.2) is 54.2 Å². The van der Waals surface area contributed by atoms with Gasteiger partial charge in [0, 0.05) is 12.6 Å².